The van der Waals surface area contributed by atoms with Crippen molar-refractivity contribution < 1.29 is 9.72 Å². The summed E-state index contributed by atoms with van der Waals surface area (Å²) in [6, 6.07) is 23.4. The Bertz CT molecular complexity index is 1240. The van der Waals surface area contributed by atoms with Crippen molar-refractivity contribution in [3.05, 3.63) is 106 Å². The molecule has 0 atom stereocenters. The lowest BCUT2D eigenvalue weighted by Crippen LogP contribution is -2.10. The van der Waals surface area contributed by atoms with E-state index >= 15 is 0 Å². The van der Waals surface area contributed by atoms with E-state index in [1.165, 1.54) is 23.9 Å². The molecule has 8 nitrogen and oxygen atoms in total. The molecule has 1 aromatic heterocycles. The Balaban J connectivity index is 1.62. The third-order valence-electron chi connectivity index (χ3n) is 4.84. The third-order valence-corrected chi connectivity index (χ3v) is 5.88. The number of carbonyl (C=O) groups is 1. The van der Waals surface area contributed by atoms with Gasteiger partial charge in [0.15, 0.2) is 11.0 Å². The molecule has 0 spiro atoms. The molecule has 4 rings (SSSR count). The van der Waals surface area contributed by atoms with E-state index in [0.29, 0.717) is 23.7 Å². The van der Waals surface area contributed by atoms with Crippen LogP contribution in [-0.2, 0) is 12.3 Å². The predicted molar refractivity (Wildman–Crippen MR) is 122 cm³/mol. The molecule has 0 fully saturated rings. The van der Waals surface area contributed by atoms with Crippen LogP contribution in [0.1, 0.15) is 21.5 Å². The van der Waals surface area contributed by atoms with Crippen molar-refractivity contribution in [2.75, 3.05) is 0 Å². The van der Waals surface area contributed by atoms with Crippen LogP contribution in [0.3, 0.4) is 0 Å². The van der Waals surface area contributed by atoms with E-state index in [1.807, 2.05) is 47.0 Å². The molecule has 0 radical (unpaired) electrons. The average molecular weight is 446 g/mol. The first kappa shape index (κ1) is 21.3. The van der Waals surface area contributed by atoms with Gasteiger partial charge in [-0.25, -0.2) is 0 Å². The van der Waals surface area contributed by atoms with E-state index in [1.54, 1.807) is 24.3 Å². The molecule has 0 unspecified atom stereocenters. The van der Waals surface area contributed by atoms with Gasteiger partial charge < -0.3 is 5.73 Å². The van der Waals surface area contributed by atoms with Crippen molar-refractivity contribution in [1.29, 1.82) is 0 Å². The Morgan fingerprint density at radius 2 is 1.62 bits per heavy atom. The highest BCUT2D eigenvalue weighted by atomic mass is 32.2. The number of nitro benzene ring substituents is 1. The molecule has 0 aliphatic rings. The molecule has 4 aromatic rings. The Morgan fingerprint density at radius 3 is 2.25 bits per heavy atom. The summed E-state index contributed by atoms with van der Waals surface area (Å²) in [4.78, 5) is 21.8. The molecule has 32 heavy (non-hydrogen) atoms. The molecule has 0 saturated heterocycles. The van der Waals surface area contributed by atoms with Gasteiger partial charge in [-0.05, 0) is 35.4 Å². The lowest BCUT2D eigenvalue weighted by molar-refractivity contribution is -0.384. The number of nitro groups is 1. The minimum atomic E-state index is -0.459. The van der Waals surface area contributed by atoms with Gasteiger partial charge in [0.2, 0.25) is 5.91 Å². The first-order valence-corrected chi connectivity index (χ1v) is 10.7. The summed E-state index contributed by atoms with van der Waals surface area (Å²) in [6.45, 7) is 0.559. The van der Waals surface area contributed by atoms with Crippen LogP contribution in [0.25, 0.3) is 11.4 Å². The van der Waals surface area contributed by atoms with E-state index in [0.717, 1.165) is 21.8 Å². The Morgan fingerprint density at radius 1 is 0.938 bits per heavy atom. The van der Waals surface area contributed by atoms with E-state index in [2.05, 4.69) is 10.2 Å². The molecule has 1 heterocycles. The van der Waals surface area contributed by atoms with E-state index in [4.69, 9.17) is 5.73 Å². The molecular weight excluding hydrogens is 426 g/mol. The second-order valence-electron chi connectivity index (χ2n) is 7.03. The van der Waals surface area contributed by atoms with Crippen molar-refractivity contribution >= 4 is 23.4 Å². The van der Waals surface area contributed by atoms with Gasteiger partial charge in [-0.3, -0.25) is 19.5 Å². The van der Waals surface area contributed by atoms with Crippen LogP contribution in [0.5, 0.6) is 0 Å². The Labute approximate surface area is 188 Å². The first-order valence-electron chi connectivity index (χ1n) is 9.75. The Hall–Kier alpha value is -3.98. The molecule has 3 aromatic carbocycles. The van der Waals surface area contributed by atoms with E-state index in [9.17, 15) is 14.9 Å². The fourth-order valence-corrected chi connectivity index (χ4v) is 4.06. The fourth-order valence-electron chi connectivity index (χ4n) is 3.16. The maximum atomic E-state index is 11.3. The fraction of sp³-hybridized carbons (Fsp3) is 0.0870. The monoisotopic (exact) mass is 445 g/mol. The normalized spacial score (nSPS) is 10.8. The number of hydrogen-bond donors (Lipinski definition) is 1. The van der Waals surface area contributed by atoms with Crippen molar-refractivity contribution in [2.45, 2.75) is 17.5 Å². The SMILES string of the molecule is NC(=O)c1ccc(CSc2nnc(-c3ccc([N+](=O)[O-])cc3)n2Cc2ccccc2)cc1. The average Bonchev–Trinajstić information content (AvgIpc) is 3.21. The van der Waals surface area contributed by atoms with Crippen LogP contribution in [0.15, 0.2) is 84.0 Å². The molecule has 0 bridgehead atoms. The molecule has 0 aliphatic heterocycles. The summed E-state index contributed by atoms with van der Waals surface area (Å²) in [5.74, 6) is 0.807. The minimum absolute atomic E-state index is 0.0249. The first-order chi connectivity index (χ1) is 15.5. The highest BCUT2D eigenvalue weighted by molar-refractivity contribution is 7.98. The predicted octanol–water partition coefficient (Wildman–Crippen LogP) is 4.29. The van der Waals surface area contributed by atoms with Gasteiger partial charge in [0.25, 0.3) is 5.69 Å². The summed E-state index contributed by atoms with van der Waals surface area (Å²) >= 11 is 1.52. The maximum absolute atomic E-state index is 11.3. The number of benzene rings is 3. The van der Waals surface area contributed by atoms with Gasteiger partial charge >= 0.3 is 0 Å². The lowest BCUT2D eigenvalue weighted by Gasteiger charge is -2.11. The van der Waals surface area contributed by atoms with Crippen molar-refractivity contribution in [3.8, 4) is 11.4 Å². The number of carbonyl (C=O) groups excluding carboxylic acids is 1. The van der Waals surface area contributed by atoms with Crippen molar-refractivity contribution in [1.82, 2.24) is 14.8 Å². The van der Waals surface area contributed by atoms with Gasteiger partial charge in [-0.15, -0.1) is 10.2 Å². The number of hydrogen-bond acceptors (Lipinski definition) is 6. The zero-order valence-electron chi connectivity index (χ0n) is 16.9. The number of primary amides is 1. The highest BCUT2D eigenvalue weighted by Gasteiger charge is 2.16. The van der Waals surface area contributed by atoms with Crippen LogP contribution in [0.4, 0.5) is 5.69 Å². The van der Waals surface area contributed by atoms with Crippen LogP contribution < -0.4 is 5.73 Å². The van der Waals surface area contributed by atoms with Crippen LogP contribution in [-0.4, -0.2) is 25.6 Å². The van der Waals surface area contributed by atoms with Crippen LogP contribution in [0.2, 0.25) is 0 Å². The maximum Gasteiger partial charge on any atom is 0.269 e. The van der Waals surface area contributed by atoms with Crippen molar-refractivity contribution in [3.63, 3.8) is 0 Å². The number of nitrogens with two attached hydrogens (primary N) is 1. The molecular formula is C23H19N5O3S. The number of thioether (sulfide) groups is 1. The lowest BCUT2D eigenvalue weighted by atomic mass is 10.1. The number of rotatable bonds is 8. The topological polar surface area (TPSA) is 117 Å². The quantitative estimate of drug-likeness (QED) is 0.246. The Kier molecular flexibility index (Phi) is 6.27. The van der Waals surface area contributed by atoms with E-state index < -0.39 is 10.8 Å². The second-order valence-corrected chi connectivity index (χ2v) is 7.97. The summed E-state index contributed by atoms with van der Waals surface area (Å²) in [6.07, 6.45) is 0. The number of non-ortho nitro benzene ring substituents is 1. The number of amides is 1. The number of aromatic nitrogens is 3. The highest BCUT2D eigenvalue weighted by Crippen LogP contribution is 2.28. The minimum Gasteiger partial charge on any atom is -0.366 e. The smallest absolute Gasteiger partial charge is 0.269 e. The van der Waals surface area contributed by atoms with Gasteiger partial charge in [0, 0.05) is 29.0 Å². The zero-order valence-corrected chi connectivity index (χ0v) is 17.7. The number of nitrogens with zero attached hydrogens (tertiary/aromatic N) is 4. The van der Waals surface area contributed by atoms with Crippen molar-refractivity contribution in [2.24, 2.45) is 5.73 Å². The van der Waals surface area contributed by atoms with Crippen LogP contribution in [0, 0.1) is 10.1 Å². The third kappa shape index (κ3) is 4.84. The van der Waals surface area contributed by atoms with Gasteiger partial charge in [0.1, 0.15) is 0 Å². The molecule has 0 aliphatic carbocycles. The molecule has 160 valence electrons. The second kappa shape index (κ2) is 9.44. The van der Waals surface area contributed by atoms with E-state index in [-0.39, 0.29) is 5.69 Å². The molecule has 9 heteroatoms. The summed E-state index contributed by atoms with van der Waals surface area (Å²) in [5, 5.41) is 20.4. The zero-order chi connectivity index (χ0) is 22.5. The largest absolute Gasteiger partial charge is 0.366 e. The van der Waals surface area contributed by atoms with Crippen LogP contribution >= 0.6 is 11.8 Å². The van der Waals surface area contributed by atoms with Gasteiger partial charge in [-0.1, -0.05) is 54.2 Å². The standard InChI is InChI=1S/C23H19N5O3S/c24-21(29)18-8-6-17(7-9-18)15-32-23-26-25-22(19-10-12-20(13-11-19)28(30)31)27(23)14-16-4-2-1-3-5-16/h1-13H,14-15H2,(H2,24,29). The van der Waals surface area contributed by atoms with Gasteiger partial charge in [-0.2, -0.15) is 0 Å². The molecule has 1 amide bonds. The van der Waals surface area contributed by atoms with Gasteiger partial charge in [0.05, 0.1) is 11.5 Å². The summed E-state index contributed by atoms with van der Waals surface area (Å²) < 4.78 is 2.00. The summed E-state index contributed by atoms with van der Waals surface area (Å²) in [5.41, 5.74) is 8.64. The molecule has 0 saturated carbocycles. The molecule has 2 N–H and O–H groups in total. The summed E-state index contributed by atoms with van der Waals surface area (Å²) in [7, 11) is 0.